The fraction of sp³-hybridized carbons (Fsp3) is 0.179. The van der Waals surface area contributed by atoms with Crippen molar-refractivity contribution >= 4 is 57.6 Å². The molecule has 1 aromatic heterocycles. The van der Waals surface area contributed by atoms with E-state index in [9.17, 15) is 14.4 Å². The maximum absolute atomic E-state index is 13.2. The second-order valence-electron chi connectivity index (χ2n) is 8.48. The van der Waals surface area contributed by atoms with Gasteiger partial charge in [-0.3, -0.25) is 9.59 Å². The summed E-state index contributed by atoms with van der Waals surface area (Å²) in [6.45, 7) is 0. The Morgan fingerprint density at radius 2 is 1.61 bits per heavy atom. The number of hydrogen-bond acceptors (Lipinski definition) is 5. The second-order valence-corrected chi connectivity index (χ2v) is 9.74. The summed E-state index contributed by atoms with van der Waals surface area (Å²) < 4.78 is 12.1. The van der Waals surface area contributed by atoms with Gasteiger partial charge in [0.25, 0.3) is 11.5 Å². The van der Waals surface area contributed by atoms with E-state index in [-0.39, 0.29) is 32.6 Å². The molecule has 0 saturated carbocycles. The van der Waals surface area contributed by atoms with E-state index in [2.05, 4.69) is 5.32 Å². The highest BCUT2D eigenvalue weighted by Gasteiger charge is 2.26. The van der Waals surface area contributed by atoms with Crippen molar-refractivity contribution in [3.8, 4) is 16.9 Å². The van der Waals surface area contributed by atoms with E-state index in [1.54, 1.807) is 35.9 Å². The first-order chi connectivity index (χ1) is 18.2. The summed E-state index contributed by atoms with van der Waals surface area (Å²) in [6.07, 6.45) is 0.119. The molecule has 0 unspecified atom stereocenters. The molecule has 196 valence electrons. The number of methoxy groups -OCH3 is 2. The minimum absolute atomic E-state index is 0.00114. The molecule has 0 saturated heterocycles. The third-order valence-electron chi connectivity index (χ3n) is 6.17. The number of pyridine rings is 1. The summed E-state index contributed by atoms with van der Waals surface area (Å²) in [7, 11) is 4.47. The van der Waals surface area contributed by atoms with Crippen molar-refractivity contribution in [1.29, 1.82) is 0 Å². The molecule has 10 heteroatoms. The number of carbonyl (C=O) groups is 2. The molecule has 0 aliphatic carbocycles. The lowest BCUT2D eigenvalue weighted by Gasteiger charge is -2.18. The van der Waals surface area contributed by atoms with Gasteiger partial charge in [0, 0.05) is 23.9 Å². The van der Waals surface area contributed by atoms with Crippen molar-refractivity contribution in [3.05, 3.63) is 97.2 Å². The number of benzene rings is 3. The lowest BCUT2D eigenvalue weighted by Crippen LogP contribution is -2.43. The monoisotopic (exact) mass is 572 g/mol. The summed E-state index contributed by atoms with van der Waals surface area (Å²) in [5, 5.41) is 3.83. The van der Waals surface area contributed by atoms with E-state index in [0.717, 1.165) is 10.9 Å². The van der Waals surface area contributed by atoms with E-state index in [1.807, 2.05) is 24.3 Å². The van der Waals surface area contributed by atoms with E-state index in [1.165, 1.54) is 26.4 Å². The number of carbonyl (C=O) groups excluding carboxylic acids is 2. The molecule has 1 amide bonds. The zero-order chi connectivity index (χ0) is 27.6. The van der Waals surface area contributed by atoms with Gasteiger partial charge < -0.3 is 19.4 Å². The average molecular weight is 574 g/mol. The van der Waals surface area contributed by atoms with Gasteiger partial charge in [-0.25, -0.2) is 4.79 Å². The normalized spacial score (nSPS) is 11.7. The molecule has 0 aliphatic rings. The zero-order valence-electron chi connectivity index (χ0n) is 20.7. The number of para-hydroxylation sites is 1. The summed E-state index contributed by atoms with van der Waals surface area (Å²) >= 11 is 18.3. The van der Waals surface area contributed by atoms with Crippen LogP contribution in [0.3, 0.4) is 0 Å². The van der Waals surface area contributed by atoms with Gasteiger partial charge in [0.1, 0.15) is 11.8 Å². The number of ether oxygens (including phenoxy) is 2. The number of amides is 1. The Morgan fingerprint density at radius 3 is 2.21 bits per heavy atom. The molecule has 1 N–H and O–H groups in total. The molecule has 4 rings (SSSR count). The van der Waals surface area contributed by atoms with E-state index >= 15 is 0 Å². The quantitative estimate of drug-likeness (QED) is 0.287. The largest absolute Gasteiger partial charge is 0.495 e. The average Bonchev–Trinajstić information content (AvgIpc) is 2.89. The van der Waals surface area contributed by atoms with E-state index < -0.39 is 17.9 Å². The topological polar surface area (TPSA) is 86.6 Å². The van der Waals surface area contributed by atoms with Crippen LogP contribution in [0.25, 0.3) is 22.0 Å². The Balaban J connectivity index is 1.64. The molecule has 3 aromatic carbocycles. The number of halogens is 3. The number of rotatable bonds is 7. The Morgan fingerprint density at radius 1 is 0.974 bits per heavy atom. The molecular weight excluding hydrogens is 551 g/mol. The summed E-state index contributed by atoms with van der Waals surface area (Å²) in [5.74, 6) is -0.811. The molecule has 1 atom stereocenters. The van der Waals surface area contributed by atoms with Crippen LogP contribution in [0.15, 0.2) is 65.5 Å². The standard InChI is InChI=1S/C28H23Cl3N2O5/c1-33-22-7-5-4-6-18(22)25(37-2)23(27(33)35)16-10-8-15(9-11-16)12-21(28(36)38-3)32-26(34)24-19(30)13-17(29)14-20(24)31/h4-11,13-14,21H,12H2,1-3H3,(H,32,34)/t21-/m0/s1. The van der Waals surface area contributed by atoms with Crippen LogP contribution in [0.1, 0.15) is 15.9 Å². The first kappa shape index (κ1) is 27.5. The number of esters is 1. The van der Waals surface area contributed by atoms with Crippen molar-refractivity contribution in [2.45, 2.75) is 12.5 Å². The van der Waals surface area contributed by atoms with E-state index in [0.29, 0.717) is 22.4 Å². The van der Waals surface area contributed by atoms with Gasteiger partial charge in [-0.2, -0.15) is 0 Å². The van der Waals surface area contributed by atoms with E-state index in [4.69, 9.17) is 44.3 Å². The van der Waals surface area contributed by atoms with Crippen LogP contribution < -0.4 is 15.6 Å². The second kappa shape index (κ2) is 11.5. The minimum Gasteiger partial charge on any atom is -0.495 e. The Labute approximate surface area is 233 Å². The van der Waals surface area contributed by atoms with Gasteiger partial charge in [0.15, 0.2) is 0 Å². The predicted molar refractivity (Wildman–Crippen MR) is 150 cm³/mol. The van der Waals surface area contributed by atoms with Gasteiger partial charge >= 0.3 is 5.97 Å². The number of aryl methyl sites for hydroxylation is 1. The summed E-state index contributed by atoms with van der Waals surface area (Å²) in [6, 6.07) is 16.3. The van der Waals surface area contributed by atoms with Gasteiger partial charge in [-0.05, 0) is 35.4 Å². The van der Waals surface area contributed by atoms with Crippen LogP contribution in [0.5, 0.6) is 5.75 Å². The summed E-state index contributed by atoms with van der Waals surface area (Å²) in [4.78, 5) is 38.7. The van der Waals surface area contributed by atoms with Gasteiger partial charge in [0.05, 0.1) is 40.9 Å². The Bertz CT molecular complexity index is 1580. The summed E-state index contributed by atoms with van der Waals surface area (Å²) in [5.41, 5.74) is 2.34. The molecular formula is C28H23Cl3N2O5. The maximum atomic E-state index is 13.2. The fourth-order valence-corrected chi connectivity index (χ4v) is 5.29. The molecule has 7 nitrogen and oxygen atoms in total. The predicted octanol–water partition coefficient (Wildman–Crippen LogP) is 5.69. The van der Waals surface area contributed by atoms with Crippen molar-refractivity contribution < 1.29 is 19.1 Å². The van der Waals surface area contributed by atoms with Gasteiger partial charge in [-0.1, -0.05) is 71.2 Å². The molecule has 1 heterocycles. The molecule has 0 fully saturated rings. The third-order valence-corrected chi connectivity index (χ3v) is 6.98. The molecule has 0 aliphatic heterocycles. The van der Waals surface area contributed by atoms with Crippen LogP contribution >= 0.6 is 34.8 Å². The SMILES string of the molecule is COC(=O)[C@H](Cc1ccc(-c2c(OC)c3ccccc3n(C)c2=O)cc1)NC(=O)c1c(Cl)cc(Cl)cc1Cl. The smallest absolute Gasteiger partial charge is 0.328 e. The number of nitrogens with zero attached hydrogens (tertiary/aromatic N) is 1. The fourth-order valence-electron chi connectivity index (χ4n) is 4.30. The number of hydrogen-bond donors (Lipinski definition) is 1. The van der Waals surface area contributed by atoms with Crippen LogP contribution in [0.2, 0.25) is 15.1 Å². The molecule has 0 bridgehead atoms. The number of fused-ring (bicyclic) bond motifs is 1. The number of aromatic nitrogens is 1. The molecule has 0 radical (unpaired) electrons. The van der Waals surface area contributed by atoms with Gasteiger partial charge in [-0.15, -0.1) is 0 Å². The van der Waals surface area contributed by atoms with Gasteiger partial charge in [0.2, 0.25) is 0 Å². The minimum atomic E-state index is -1.02. The zero-order valence-corrected chi connectivity index (χ0v) is 22.9. The van der Waals surface area contributed by atoms with Crippen LogP contribution in [0, 0.1) is 0 Å². The first-order valence-corrected chi connectivity index (χ1v) is 12.6. The highest BCUT2D eigenvalue weighted by molar-refractivity contribution is 6.42. The molecule has 38 heavy (non-hydrogen) atoms. The van der Waals surface area contributed by atoms with Crippen LogP contribution in [0.4, 0.5) is 0 Å². The van der Waals surface area contributed by atoms with Crippen LogP contribution in [-0.4, -0.2) is 36.7 Å². The third kappa shape index (κ3) is 5.36. The maximum Gasteiger partial charge on any atom is 0.328 e. The highest BCUT2D eigenvalue weighted by atomic mass is 35.5. The highest BCUT2D eigenvalue weighted by Crippen LogP contribution is 2.34. The number of nitrogens with one attached hydrogen (secondary N) is 1. The van der Waals surface area contributed by atoms with Crippen LogP contribution in [-0.2, 0) is 23.0 Å². The Kier molecular flexibility index (Phi) is 8.31. The van der Waals surface area contributed by atoms with Crippen molar-refractivity contribution in [3.63, 3.8) is 0 Å². The Hall–Kier alpha value is -3.52. The van der Waals surface area contributed by atoms with Crippen molar-refractivity contribution in [1.82, 2.24) is 9.88 Å². The van der Waals surface area contributed by atoms with Crippen molar-refractivity contribution in [2.75, 3.05) is 14.2 Å². The molecule has 0 spiro atoms. The molecule has 4 aromatic rings. The lowest BCUT2D eigenvalue weighted by atomic mass is 9.99. The van der Waals surface area contributed by atoms with Crippen molar-refractivity contribution in [2.24, 2.45) is 7.05 Å². The lowest BCUT2D eigenvalue weighted by molar-refractivity contribution is -0.142. The first-order valence-electron chi connectivity index (χ1n) is 11.4.